The smallest absolute Gasteiger partial charge is 0.246 e. The van der Waals surface area contributed by atoms with Crippen LogP contribution in [-0.4, -0.2) is 48.6 Å². The lowest BCUT2D eigenvalue weighted by Gasteiger charge is -2.37. The summed E-state index contributed by atoms with van der Waals surface area (Å²) in [6.07, 6.45) is 0.837. The van der Waals surface area contributed by atoms with Crippen LogP contribution in [0.2, 0.25) is 0 Å². The van der Waals surface area contributed by atoms with Crippen LogP contribution in [-0.2, 0) is 14.3 Å². The van der Waals surface area contributed by atoms with E-state index in [2.05, 4.69) is 5.32 Å². The molecule has 0 aliphatic carbocycles. The molecule has 16 heavy (non-hydrogen) atoms. The summed E-state index contributed by atoms with van der Waals surface area (Å²) in [5.74, 6) is 0.0943. The van der Waals surface area contributed by atoms with E-state index < -0.39 is 0 Å². The third kappa shape index (κ3) is 2.04. The summed E-state index contributed by atoms with van der Waals surface area (Å²) in [5, 5.41) is 2.75. The van der Waals surface area contributed by atoms with Crippen molar-refractivity contribution in [3.8, 4) is 0 Å². The Morgan fingerprint density at radius 1 is 1.44 bits per heavy atom. The number of rotatable bonds is 2. The lowest BCUT2D eigenvalue weighted by atomic mass is 9.99. The van der Waals surface area contributed by atoms with E-state index in [0.717, 1.165) is 6.42 Å². The van der Waals surface area contributed by atoms with E-state index in [1.54, 1.807) is 4.90 Å². The molecule has 2 fully saturated rings. The van der Waals surface area contributed by atoms with Gasteiger partial charge < -0.3 is 15.0 Å². The molecule has 0 radical (unpaired) electrons. The highest BCUT2D eigenvalue weighted by atomic mass is 16.5. The van der Waals surface area contributed by atoms with E-state index in [9.17, 15) is 9.59 Å². The molecule has 2 amide bonds. The van der Waals surface area contributed by atoms with Gasteiger partial charge in [-0.15, -0.1) is 0 Å². The Morgan fingerprint density at radius 2 is 2.19 bits per heavy atom. The van der Waals surface area contributed by atoms with Gasteiger partial charge in [0, 0.05) is 6.61 Å². The number of hydrogen-bond acceptors (Lipinski definition) is 3. The minimum absolute atomic E-state index is 0.0325. The summed E-state index contributed by atoms with van der Waals surface area (Å²) < 4.78 is 5.26. The van der Waals surface area contributed by atoms with E-state index in [1.807, 2.05) is 13.8 Å². The molecule has 0 bridgehead atoms. The number of ether oxygens (including phenoxy) is 1. The fraction of sp³-hybridized carbons (Fsp3) is 0.818. The Bertz CT molecular complexity index is 298. The summed E-state index contributed by atoms with van der Waals surface area (Å²) in [7, 11) is 0. The van der Waals surface area contributed by atoms with Crippen molar-refractivity contribution in [2.24, 2.45) is 5.92 Å². The summed E-state index contributed by atoms with van der Waals surface area (Å²) in [5.41, 5.74) is 0. The molecule has 2 aliphatic rings. The van der Waals surface area contributed by atoms with Gasteiger partial charge in [-0.3, -0.25) is 9.59 Å². The predicted molar refractivity (Wildman–Crippen MR) is 57.7 cm³/mol. The maximum atomic E-state index is 12.2. The van der Waals surface area contributed by atoms with Gasteiger partial charge in [0.1, 0.15) is 6.04 Å². The van der Waals surface area contributed by atoms with Gasteiger partial charge in [0.15, 0.2) is 0 Å². The Balaban J connectivity index is 2.11. The summed E-state index contributed by atoms with van der Waals surface area (Å²) in [6.45, 7) is 5.30. The monoisotopic (exact) mass is 226 g/mol. The summed E-state index contributed by atoms with van der Waals surface area (Å²) in [6, 6.07) is -0.290. The van der Waals surface area contributed by atoms with Crippen LogP contribution < -0.4 is 5.32 Å². The van der Waals surface area contributed by atoms with E-state index in [0.29, 0.717) is 13.2 Å². The zero-order valence-corrected chi connectivity index (χ0v) is 9.73. The molecule has 0 saturated carbocycles. The molecule has 2 atom stereocenters. The molecule has 2 rings (SSSR count). The van der Waals surface area contributed by atoms with Crippen LogP contribution in [0.4, 0.5) is 0 Å². The molecule has 1 N–H and O–H groups in total. The number of piperazine rings is 1. The van der Waals surface area contributed by atoms with Crippen molar-refractivity contribution < 1.29 is 14.3 Å². The number of carbonyl (C=O) groups is 2. The van der Waals surface area contributed by atoms with Gasteiger partial charge in [0.25, 0.3) is 0 Å². The Kier molecular flexibility index (Phi) is 3.14. The fourth-order valence-corrected chi connectivity index (χ4v) is 2.22. The van der Waals surface area contributed by atoms with Crippen molar-refractivity contribution in [3.63, 3.8) is 0 Å². The van der Waals surface area contributed by atoms with E-state index in [1.165, 1.54) is 0 Å². The second-order valence-electron chi connectivity index (χ2n) is 4.77. The Labute approximate surface area is 95.1 Å². The molecule has 2 aliphatic heterocycles. The normalized spacial score (nSPS) is 31.1. The first-order valence-electron chi connectivity index (χ1n) is 5.77. The molecule has 0 aromatic carbocycles. The minimum Gasteiger partial charge on any atom is -0.379 e. The van der Waals surface area contributed by atoms with Crippen LogP contribution in [0.3, 0.4) is 0 Å². The van der Waals surface area contributed by atoms with Gasteiger partial charge in [0.05, 0.1) is 19.2 Å². The molecular weight excluding hydrogens is 208 g/mol. The number of carbonyl (C=O) groups excluding carboxylic acids is 2. The molecule has 0 aromatic heterocycles. The van der Waals surface area contributed by atoms with E-state index >= 15 is 0 Å². The first-order chi connectivity index (χ1) is 7.59. The highest BCUT2D eigenvalue weighted by molar-refractivity contribution is 5.95. The average molecular weight is 226 g/mol. The largest absolute Gasteiger partial charge is 0.379 e. The number of amides is 2. The molecule has 0 aromatic rings. The SMILES string of the molecule is CC(C)C1NC(=O)CN(C2CCOC2)C1=O. The van der Waals surface area contributed by atoms with Gasteiger partial charge in [-0.25, -0.2) is 0 Å². The summed E-state index contributed by atoms with van der Waals surface area (Å²) >= 11 is 0. The molecule has 2 heterocycles. The van der Waals surface area contributed by atoms with Crippen molar-refractivity contribution in [1.82, 2.24) is 10.2 Å². The number of nitrogens with one attached hydrogen (secondary N) is 1. The first-order valence-corrected chi connectivity index (χ1v) is 5.77. The van der Waals surface area contributed by atoms with Crippen molar-refractivity contribution in [2.45, 2.75) is 32.4 Å². The fourth-order valence-electron chi connectivity index (χ4n) is 2.22. The van der Waals surface area contributed by atoms with Gasteiger partial charge in [-0.2, -0.15) is 0 Å². The molecular formula is C11H18N2O3. The second-order valence-corrected chi connectivity index (χ2v) is 4.77. The average Bonchev–Trinajstić information content (AvgIpc) is 2.73. The molecule has 5 nitrogen and oxygen atoms in total. The maximum absolute atomic E-state index is 12.2. The topological polar surface area (TPSA) is 58.6 Å². The van der Waals surface area contributed by atoms with Crippen LogP contribution in [0.15, 0.2) is 0 Å². The highest BCUT2D eigenvalue weighted by Gasteiger charge is 2.38. The number of hydrogen-bond donors (Lipinski definition) is 1. The minimum atomic E-state index is -0.373. The number of nitrogens with zero attached hydrogens (tertiary/aromatic N) is 1. The van der Waals surface area contributed by atoms with Crippen molar-refractivity contribution in [1.29, 1.82) is 0 Å². The van der Waals surface area contributed by atoms with Crippen LogP contribution in [0.5, 0.6) is 0 Å². The van der Waals surface area contributed by atoms with Crippen molar-refractivity contribution >= 4 is 11.8 Å². The van der Waals surface area contributed by atoms with Gasteiger partial charge in [-0.05, 0) is 12.3 Å². The lowest BCUT2D eigenvalue weighted by molar-refractivity contribution is -0.147. The highest BCUT2D eigenvalue weighted by Crippen LogP contribution is 2.18. The second kappa shape index (κ2) is 4.41. The van der Waals surface area contributed by atoms with Crippen LogP contribution in [0.1, 0.15) is 20.3 Å². The maximum Gasteiger partial charge on any atom is 0.246 e. The van der Waals surface area contributed by atoms with E-state index in [-0.39, 0.29) is 36.4 Å². The van der Waals surface area contributed by atoms with Crippen LogP contribution in [0.25, 0.3) is 0 Å². The first kappa shape index (κ1) is 11.4. The molecule has 0 spiro atoms. The third-order valence-electron chi connectivity index (χ3n) is 3.19. The molecule has 2 unspecified atom stereocenters. The van der Waals surface area contributed by atoms with Gasteiger partial charge in [0.2, 0.25) is 11.8 Å². The van der Waals surface area contributed by atoms with Crippen molar-refractivity contribution in [2.75, 3.05) is 19.8 Å². The van der Waals surface area contributed by atoms with E-state index in [4.69, 9.17) is 4.74 Å². The van der Waals surface area contributed by atoms with Crippen molar-refractivity contribution in [3.05, 3.63) is 0 Å². The Hall–Kier alpha value is -1.10. The van der Waals surface area contributed by atoms with Crippen LogP contribution >= 0.6 is 0 Å². The molecule has 90 valence electrons. The quantitative estimate of drug-likeness (QED) is 0.707. The predicted octanol–water partition coefficient (Wildman–Crippen LogP) is -0.242. The van der Waals surface area contributed by atoms with Crippen LogP contribution in [0, 0.1) is 5.92 Å². The van der Waals surface area contributed by atoms with Gasteiger partial charge in [-0.1, -0.05) is 13.8 Å². The Morgan fingerprint density at radius 3 is 2.75 bits per heavy atom. The zero-order chi connectivity index (χ0) is 11.7. The molecule has 5 heteroatoms. The summed E-state index contributed by atoms with van der Waals surface area (Å²) in [4.78, 5) is 25.4. The third-order valence-corrected chi connectivity index (χ3v) is 3.19. The lowest BCUT2D eigenvalue weighted by Crippen LogP contribution is -2.62. The zero-order valence-electron chi connectivity index (χ0n) is 9.73. The standard InChI is InChI=1S/C11H18N2O3/c1-7(2)10-11(15)13(5-9(14)12-10)8-3-4-16-6-8/h7-8,10H,3-6H2,1-2H3,(H,12,14). The van der Waals surface area contributed by atoms with Gasteiger partial charge >= 0.3 is 0 Å². The molecule has 2 saturated heterocycles.